The first-order chi connectivity index (χ1) is 16.5. The summed E-state index contributed by atoms with van der Waals surface area (Å²) in [7, 11) is 0. The Morgan fingerprint density at radius 1 is 1.24 bits per heavy atom. The number of aromatic nitrogens is 3. The molecule has 2 fully saturated rings. The van der Waals surface area contributed by atoms with Gasteiger partial charge in [-0.05, 0) is 38.2 Å². The van der Waals surface area contributed by atoms with E-state index >= 15 is 0 Å². The molecule has 2 bridgehead atoms. The Hall–Kier alpha value is -3.11. The minimum absolute atomic E-state index is 0.114. The highest BCUT2D eigenvalue weighted by molar-refractivity contribution is 7.15. The quantitative estimate of drug-likeness (QED) is 0.445. The van der Waals surface area contributed by atoms with Crippen LogP contribution in [-0.4, -0.2) is 49.7 Å². The van der Waals surface area contributed by atoms with Gasteiger partial charge >= 0.3 is 0 Å². The predicted molar refractivity (Wildman–Crippen MR) is 129 cm³/mol. The number of halogens is 1. The third-order valence-corrected chi connectivity index (χ3v) is 8.60. The maximum atomic E-state index is 14.5. The fraction of sp³-hybridized carbons (Fsp3) is 0.333. The molecule has 1 aliphatic carbocycles. The first-order valence-corrected chi connectivity index (χ1v) is 13.0. The summed E-state index contributed by atoms with van der Waals surface area (Å²) < 4.78 is 16.3. The van der Waals surface area contributed by atoms with Gasteiger partial charge in [0, 0.05) is 29.7 Å². The highest BCUT2D eigenvalue weighted by atomic mass is 32.1. The van der Waals surface area contributed by atoms with Gasteiger partial charge in [-0.25, -0.2) is 14.4 Å². The first-order valence-electron chi connectivity index (χ1n) is 11.2. The van der Waals surface area contributed by atoms with Gasteiger partial charge in [-0.3, -0.25) is 14.0 Å². The maximum absolute atomic E-state index is 14.5. The molecule has 4 heterocycles. The van der Waals surface area contributed by atoms with Crippen molar-refractivity contribution in [2.45, 2.75) is 38.3 Å². The van der Waals surface area contributed by atoms with Crippen LogP contribution in [0.3, 0.4) is 0 Å². The van der Waals surface area contributed by atoms with Gasteiger partial charge in [-0.15, -0.1) is 22.7 Å². The molecule has 2 aliphatic rings. The van der Waals surface area contributed by atoms with E-state index in [1.807, 2.05) is 23.4 Å². The van der Waals surface area contributed by atoms with E-state index in [0.29, 0.717) is 34.3 Å². The molecule has 0 radical (unpaired) electrons. The van der Waals surface area contributed by atoms with Crippen LogP contribution in [0.25, 0.3) is 15.4 Å². The highest BCUT2D eigenvalue weighted by Gasteiger charge is 2.49. The second kappa shape index (κ2) is 8.28. The van der Waals surface area contributed by atoms with Crippen molar-refractivity contribution in [2.24, 2.45) is 5.92 Å². The SMILES string of the molecule is Cc1nc2sccn2c1C(=O)NC[C@@H]1[C@H]2CC[C@H](C2)N1C(=O)c1ncsc1-c1ccccc1F. The van der Waals surface area contributed by atoms with Crippen molar-refractivity contribution in [3.8, 4) is 10.4 Å². The van der Waals surface area contributed by atoms with Gasteiger partial charge in [0.2, 0.25) is 0 Å². The number of fused-ring (bicyclic) bond motifs is 3. The Morgan fingerprint density at radius 2 is 2.09 bits per heavy atom. The molecule has 3 atom stereocenters. The standard InChI is InChI=1S/C24H22FN5O2S2/c1-13-20(29-8-9-33-24(29)28-13)22(31)26-11-18-14-6-7-15(10-14)30(18)23(32)19-21(34-12-27-19)16-4-2-3-5-17(16)25/h2-5,8-9,12,14-15,18H,6-7,10-11H2,1H3,(H,26,31)/t14-,15+,18+/m0/s1. The summed E-state index contributed by atoms with van der Waals surface area (Å²) in [4.78, 5) is 38.8. The summed E-state index contributed by atoms with van der Waals surface area (Å²) in [5.41, 5.74) is 3.47. The van der Waals surface area contributed by atoms with Crippen molar-refractivity contribution in [1.29, 1.82) is 0 Å². The number of nitrogens with zero attached hydrogens (tertiary/aromatic N) is 4. The lowest BCUT2D eigenvalue weighted by Gasteiger charge is -2.35. The number of carbonyl (C=O) groups is 2. The summed E-state index contributed by atoms with van der Waals surface area (Å²) >= 11 is 2.75. The van der Waals surface area contributed by atoms with E-state index in [-0.39, 0.29) is 35.4 Å². The van der Waals surface area contributed by atoms with E-state index < -0.39 is 0 Å². The monoisotopic (exact) mass is 495 g/mol. The number of likely N-dealkylation sites (tertiary alicyclic amines) is 1. The van der Waals surface area contributed by atoms with E-state index in [9.17, 15) is 14.0 Å². The van der Waals surface area contributed by atoms with Crippen LogP contribution < -0.4 is 5.32 Å². The van der Waals surface area contributed by atoms with Crippen LogP contribution in [0.1, 0.15) is 45.9 Å². The van der Waals surface area contributed by atoms with Crippen molar-refractivity contribution in [3.63, 3.8) is 0 Å². The van der Waals surface area contributed by atoms with E-state index in [4.69, 9.17) is 0 Å². The van der Waals surface area contributed by atoms with Crippen LogP contribution >= 0.6 is 22.7 Å². The Bertz CT molecular complexity index is 1410. The number of nitrogens with one attached hydrogen (secondary N) is 1. The lowest BCUT2D eigenvalue weighted by molar-refractivity contribution is 0.0577. The van der Waals surface area contributed by atoms with Gasteiger partial charge in [0.15, 0.2) is 4.96 Å². The molecule has 0 spiro atoms. The zero-order valence-electron chi connectivity index (χ0n) is 18.4. The van der Waals surface area contributed by atoms with Crippen LogP contribution in [0.5, 0.6) is 0 Å². The number of hydrogen-bond acceptors (Lipinski definition) is 6. The summed E-state index contributed by atoms with van der Waals surface area (Å²) in [6.45, 7) is 2.19. The van der Waals surface area contributed by atoms with Crippen LogP contribution in [0.15, 0.2) is 41.4 Å². The average Bonchev–Trinajstić information content (AvgIpc) is 3.63. The number of amides is 2. The maximum Gasteiger partial charge on any atom is 0.274 e. The normalized spacial score (nSPS) is 21.5. The zero-order valence-corrected chi connectivity index (χ0v) is 20.0. The van der Waals surface area contributed by atoms with Gasteiger partial charge in [0.1, 0.15) is 17.2 Å². The second-order valence-electron chi connectivity index (χ2n) is 8.83. The van der Waals surface area contributed by atoms with E-state index in [0.717, 1.165) is 24.2 Å². The molecule has 34 heavy (non-hydrogen) atoms. The zero-order chi connectivity index (χ0) is 23.4. The number of imidazole rings is 1. The van der Waals surface area contributed by atoms with Gasteiger partial charge < -0.3 is 10.2 Å². The van der Waals surface area contributed by atoms with Crippen molar-refractivity contribution in [2.75, 3.05) is 6.54 Å². The van der Waals surface area contributed by atoms with E-state index in [1.165, 1.54) is 28.7 Å². The first kappa shape index (κ1) is 21.4. The van der Waals surface area contributed by atoms with Crippen molar-refractivity contribution in [3.05, 3.63) is 64.3 Å². The number of piperidine rings is 1. The largest absolute Gasteiger partial charge is 0.349 e. The highest BCUT2D eigenvalue weighted by Crippen LogP contribution is 2.44. The molecule has 1 saturated carbocycles. The number of hydrogen-bond donors (Lipinski definition) is 1. The van der Waals surface area contributed by atoms with Crippen LogP contribution in [0, 0.1) is 18.7 Å². The summed E-state index contributed by atoms with van der Waals surface area (Å²) in [5, 5.41) is 4.95. The Balaban J connectivity index is 1.25. The van der Waals surface area contributed by atoms with Crippen LogP contribution in [-0.2, 0) is 0 Å². The number of rotatable bonds is 5. The molecule has 174 valence electrons. The van der Waals surface area contributed by atoms with Crippen LogP contribution in [0.4, 0.5) is 4.39 Å². The third kappa shape index (κ3) is 3.35. The van der Waals surface area contributed by atoms with Crippen molar-refractivity contribution < 1.29 is 14.0 Å². The van der Waals surface area contributed by atoms with Gasteiger partial charge in [-0.2, -0.15) is 0 Å². The molecular weight excluding hydrogens is 473 g/mol. The molecule has 1 saturated heterocycles. The lowest BCUT2D eigenvalue weighted by Crippen LogP contribution is -2.50. The number of benzene rings is 1. The molecule has 10 heteroatoms. The summed E-state index contributed by atoms with van der Waals surface area (Å²) in [6.07, 6.45) is 4.74. The van der Waals surface area contributed by atoms with Gasteiger partial charge in [0.25, 0.3) is 11.8 Å². The smallest absolute Gasteiger partial charge is 0.274 e. The van der Waals surface area contributed by atoms with Crippen molar-refractivity contribution in [1.82, 2.24) is 24.6 Å². The minimum atomic E-state index is -0.372. The molecule has 7 nitrogen and oxygen atoms in total. The summed E-state index contributed by atoms with van der Waals surface area (Å²) in [5.74, 6) is -0.424. The van der Waals surface area contributed by atoms with Crippen molar-refractivity contribution >= 4 is 39.4 Å². The topological polar surface area (TPSA) is 79.6 Å². The molecule has 1 N–H and O–H groups in total. The van der Waals surface area contributed by atoms with Crippen LogP contribution in [0.2, 0.25) is 0 Å². The molecule has 2 amide bonds. The molecule has 4 aromatic rings. The number of thiazole rings is 2. The van der Waals surface area contributed by atoms with Gasteiger partial charge in [-0.1, -0.05) is 18.2 Å². The molecule has 1 aromatic carbocycles. The van der Waals surface area contributed by atoms with E-state index in [1.54, 1.807) is 28.1 Å². The lowest BCUT2D eigenvalue weighted by atomic mass is 9.98. The average molecular weight is 496 g/mol. The molecule has 6 rings (SSSR count). The fourth-order valence-corrected chi connectivity index (χ4v) is 7.05. The molecule has 1 aliphatic heterocycles. The number of carbonyl (C=O) groups excluding carboxylic acids is 2. The van der Waals surface area contributed by atoms with Gasteiger partial charge in [0.05, 0.1) is 22.1 Å². The Kier molecular flexibility index (Phi) is 5.22. The minimum Gasteiger partial charge on any atom is -0.349 e. The summed E-state index contributed by atoms with van der Waals surface area (Å²) in [6, 6.07) is 6.46. The predicted octanol–water partition coefficient (Wildman–Crippen LogP) is 4.39. The molecular formula is C24H22FN5O2S2. The molecule has 0 unspecified atom stereocenters. The third-order valence-electron chi connectivity index (χ3n) is 6.99. The van der Waals surface area contributed by atoms with E-state index in [2.05, 4.69) is 15.3 Å². The fourth-order valence-electron chi connectivity index (χ4n) is 5.48. The second-order valence-corrected chi connectivity index (χ2v) is 10.6. The molecule has 3 aromatic heterocycles. The Morgan fingerprint density at radius 3 is 2.94 bits per heavy atom. The Labute approximate surface area is 203 Å². The number of aryl methyl sites for hydroxylation is 1.